The minimum Gasteiger partial charge on any atom is -0.393 e. The van der Waals surface area contributed by atoms with Gasteiger partial charge in [0.15, 0.2) is 0 Å². The van der Waals surface area contributed by atoms with Crippen molar-refractivity contribution in [2.45, 2.75) is 59.3 Å². The highest BCUT2D eigenvalue weighted by atomic mass is 16.6. The highest BCUT2D eigenvalue weighted by molar-refractivity contribution is 5.96. The van der Waals surface area contributed by atoms with Gasteiger partial charge in [-0.3, -0.25) is 9.59 Å². The quantitative estimate of drug-likeness (QED) is 0.564. The van der Waals surface area contributed by atoms with Crippen LogP contribution in [0.3, 0.4) is 0 Å². The van der Waals surface area contributed by atoms with Gasteiger partial charge in [-0.2, -0.15) is 0 Å². The van der Waals surface area contributed by atoms with Crippen molar-refractivity contribution in [2.24, 2.45) is 29.6 Å². The summed E-state index contributed by atoms with van der Waals surface area (Å²) in [7, 11) is 0. The lowest BCUT2D eigenvalue weighted by molar-refractivity contribution is -0.154. The Hall–Kier alpha value is -0.860. The van der Waals surface area contributed by atoms with E-state index in [1.54, 1.807) is 0 Å². The Morgan fingerprint density at radius 1 is 1.16 bits per heavy atom. The van der Waals surface area contributed by atoms with Crippen molar-refractivity contribution in [1.29, 1.82) is 0 Å². The molecule has 5 atom stereocenters. The normalized spacial score (nSPS) is 35.9. The molecule has 0 bridgehead atoms. The van der Waals surface area contributed by atoms with E-state index in [9.17, 15) is 9.59 Å². The lowest BCUT2D eigenvalue weighted by Crippen LogP contribution is -2.39. The second kappa shape index (κ2) is 6.06. The van der Waals surface area contributed by atoms with Crippen molar-refractivity contribution in [2.75, 3.05) is 0 Å². The van der Waals surface area contributed by atoms with E-state index in [0.29, 0.717) is 17.8 Å². The molecule has 1 heterocycles. The van der Waals surface area contributed by atoms with Crippen molar-refractivity contribution >= 4 is 11.9 Å². The van der Waals surface area contributed by atoms with Crippen LogP contribution in [0.25, 0.3) is 0 Å². The number of carbonyl (C=O) groups is 2. The molecule has 0 N–H and O–H groups in total. The molecule has 1 aliphatic carbocycles. The Morgan fingerprint density at radius 3 is 2.53 bits per heavy atom. The van der Waals surface area contributed by atoms with Gasteiger partial charge in [-0.15, -0.1) is 0 Å². The van der Waals surface area contributed by atoms with Gasteiger partial charge in [0.05, 0.1) is 11.8 Å². The molecule has 1 aliphatic heterocycles. The predicted molar refractivity (Wildman–Crippen MR) is 73.3 cm³/mol. The fraction of sp³-hybridized carbons (Fsp3) is 0.875. The van der Waals surface area contributed by atoms with Crippen molar-refractivity contribution in [3.8, 4) is 0 Å². The Balaban J connectivity index is 2.18. The molecule has 2 aliphatic rings. The van der Waals surface area contributed by atoms with Gasteiger partial charge in [-0.05, 0) is 37.0 Å². The molecular formula is C16H26O3. The maximum Gasteiger partial charge on any atom is 0.317 e. The smallest absolute Gasteiger partial charge is 0.317 e. The number of esters is 2. The zero-order valence-corrected chi connectivity index (χ0v) is 12.4. The summed E-state index contributed by atoms with van der Waals surface area (Å²) < 4.78 is 4.90. The largest absolute Gasteiger partial charge is 0.393 e. The van der Waals surface area contributed by atoms with E-state index in [2.05, 4.69) is 20.8 Å². The van der Waals surface area contributed by atoms with Crippen LogP contribution >= 0.6 is 0 Å². The first-order valence-corrected chi connectivity index (χ1v) is 7.85. The molecule has 0 aromatic carbocycles. The van der Waals surface area contributed by atoms with Gasteiger partial charge in [-0.25, -0.2) is 0 Å². The third-order valence-electron chi connectivity index (χ3n) is 5.13. The van der Waals surface area contributed by atoms with E-state index in [1.807, 2.05) is 0 Å². The maximum atomic E-state index is 12.0. The minimum atomic E-state index is -0.266. The van der Waals surface area contributed by atoms with Crippen LogP contribution in [-0.4, -0.2) is 11.9 Å². The van der Waals surface area contributed by atoms with Gasteiger partial charge in [0.1, 0.15) is 0 Å². The number of fused-ring (bicyclic) bond motifs is 1. The van der Waals surface area contributed by atoms with E-state index in [4.69, 9.17) is 4.74 Å². The summed E-state index contributed by atoms with van der Waals surface area (Å²) in [6.45, 7) is 6.68. The molecule has 0 aromatic heterocycles. The zero-order valence-electron chi connectivity index (χ0n) is 12.4. The fourth-order valence-electron chi connectivity index (χ4n) is 4.28. The molecule has 3 nitrogen and oxygen atoms in total. The number of hydrogen-bond donors (Lipinski definition) is 0. The monoisotopic (exact) mass is 266 g/mol. The van der Waals surface area contributed by atoms with Gasteiger partial charge < -0.3 is 4.74 Å². The molecule has 108 valence electrons. The Bertz CT molecular complexity index is 350. The molecule has 3 heteroatoms. The van der Waals surface area contributed by atoms with Crippen molar-refractivity contribution in [3.05, 3.63) is 0 Å². The van der Waals surface area contributed by atoms with Gasteiger partial charge in [0.25, 0.3) is 0 Å². The van der Waals surface area contributed by atoms with Crippen LogP contribution in [0.5, 0.6) is 0 Å². The van der Waals surface area contributed by atoms with E-state index in [-0.39, 0.29) is 23.8 Å². The third-order valence-corrected chi connectivity index (χ3v) is 5.13. The van der Waals surface area contributed by atoms with Gasteiger partial charge >= 0.3 is 11.9 Å². The van der Waals surface area contributed by atoms with E-state index < -0.39 is 0 Å². The number of rotatable bonds is 5. The molecule has 0 aromatic rings. The first-order chi connectivity index (χ1) is 9.10. The molecule has 2 fully saturated rings. The zero-order chi connectivity index (χ0) is 14.0. The Kier molecular flexibility index (Phi) is 4.64. The summed E-state index contributed by atoms with van der Waals surface area (Å²) in [5.74, 6) is 0.772. The summed E-state index contributed by atoms with van der Waals surface area (Å²) in [6, 6.07) is 0. The second-order valence-electron chi connectivity index (χ2n) is 6.33. The first-order valence-electron chi connectivity index (χ1n) is 7.85. The molecule has 0 amide bonds. The maximum absolute atomic E-state index is 12.0. The standard InChI is InChI=1S/C16H26O3/c1-4-6-10(3)11-8-9-13-14(12(11)7-5-2)16(18)19-15(13)17/h10-14H,4-9H2,1-3H3. The fourth-order valence-corrected chi connectivity index (χ4v) is 4.28. The average Bonchev–Trinajstić information content (AvgIpc) is 2.66. The van der Waals surface area contributed by atoms with Crippen molar-refractivity contribution in [3.63, 3.8) is 0 Å². The Morgan fingerprint density at radius 2 is 1.89 bits per heavy atom. The van der Waals surface area contributed by atoms with Crippen LogP contribution in [-0.2, 0) is 14.3 Å². The molecule has 19 heavy (non-hydrogen) atoms. The van der Waals surface area contributed by atoms with Gasteiger partial charge in [0, 0.05) is 0 Å². The third kappa shape index (κ3) is 2.70. The Labute approximate surface area is 116 Å². The minimum absolute atomic E-state index is 0.144. The number of cyclic esters (lactones) is 2. The van der Waals surface area contributed by atoms with Crippen LogP contribution in [0, 0.1) is 29.6 Å². The molecule has 1 saturated carbocycles. The summed E-state index contributed by atoms with van der Waals surface area (Å²) in [6.07, 6.45) is 6.44. The van der Waals surface area contributed by atoms with Crippen LogP contribution in [0.4, 0.5) is 0 Å². The summed E-state index contributed by atoms with van der Waals surface area (Å²) in [5.41, 5.74) is 0. The predicted octanol–water partition coefficient (Wildman–Crippen LogP) is 3.56. The highest BCUT2D eigenvalue weighted by Gasteiger charge is 2.53. The lowest BCUT2D eigenvalue weighted by atomic mass is 9.62. The van der Waals surface area contributed by atoms with Crippen LogP contribution < -0.4 is 0 Å². The van der Waals surface area contributed by atoms with E-state index >= 15 is 0 Å². The van der Waals surface area contributed by atoms with Crippen LogP contribution in [0.15, 0.2) is 0 Å². The van der Waals surface area contributed by atoms with Crippen LogP contribution in [0.1, 0.15) is 59.3 Å². The summed E-state index contributed by atoms with van der Waals surface area (Å²) in [5, 5.41) is 0. The van der Waals surface area contributed by atoms with Crippen molar-refractivity contribution < 1.29 is 14.3 Å². The number of ether oxygens (including phenoxy) is 1. The number of hydrogen-bond acceptors (Lipinski definition) is 3. The molecule has 5 unspecified atom stereocenters. The van der Waals surface area contributed by atoms with Gasteiger partial charge in [-0.1, -0.05) is 40.0 Å². The lowest BCUT2D eigenvalue weighted by Gasteiger charge is -2.40. The van der Waals surface area contributed by atoms with Crippen molar-refractivity contribution in [1.82, 2.24) is 0 Å². The number of carbonyl (C=O) groups excluding carboxylic acids is 2. The second-order valence-corrected chi connectivity index (χ2v) is 6.33. The molecule has 0 spiro atoms. The SMILES string of the molecule is CCCC(C)C1CCC2C(=O)OC(=O)C2C1CCC. The van der Waals surface area contributed by atoms with Gasteiger partial charge in [0.2, 0.25) is 0 Å². The van der Waals surface area contributed by atoms with E-state index in [0.717, 1.165) is 25.7 Å². The molecular weight excluding hydrogens is 240 g/mol. The first kappa shape index (κ1) is 14.5. The molecule has 0 radical (unpaired) electrons. The topological polar surface area (TPSA) is 43.4 Å². The molecule has 1 saturated heterocycles. The summed E-state index contributed by atoms with van der Waals surface area (Å²) in [4.78, 5) is 23.7. The molecule has 2 rings (SSSR count). The highest BCUT2D eigenvalue weighted by Crippen LogP contribution is 2.48. The van der Waals surface area contributed by atoms with Crippen LogP contribution in [0.2, 0.25) is 0 Å². The average molecular weight is 266 g/mol. The summed E-state index contributed by atoms with van der Waals surface area (Å²) >= 11 is 0. The van der Waals surface area contributed by atoms with E-state index in [1.165, 1.54) is 12.8 Å².